The fourth-order valence-corrected chi connectivity index (χ4v) is 3.69. The molecule has 118 valence electrons. The van der Waals surface area contributed by atoms with E-state index in [1.807, 2.05) is 0 Å². The fourth-order valence-electron chi connectivity index (χ4n) is 3.69. The Balaban J connectivity index is 1.75. The summed E-state index contributed by atoms with van der Waals surface area (Å²) < 4.78 is 0. The quantitative estimate of drug-likeness (QED) is 0.836. The molecule has 1 aliphatic heterocycles. The Morgan fingerprint density at radius 3 is 2.15 bits per heavy atom. The third-order valence-corrected chi connectivity index (χ3v) is 5.05. The average Bonchev–Trinajstić information content (AvgIpc) is 2.93. The van der Waals surface area contributed by atoms with Crippen LogP contribution in [0.2, 0.25) is 0 Å². The van der Waals surface area contributed by atoms with Crippen molar-refractivity contribution in [2.24, 2.45) is 0 Å². The minimum atomic E-state index is 0.235. The zero-order valence-corrected chi connectivity index (χ0v) is 14.1. The van der Waals surface area contributed by atoms with Crippen LogP contribution >= 0.6 is 0 Å². The maximum absolute atomic E-state index is 3.68. The van der Waals surface area contributed by atoms with Crippen molar-refractivity contribution in [2.75, 3.05) is 32.7 Å². The molecule has 0 aromatic heterocycles. The van der Waals surface area contributed by atoms with Crippen LogP contribution in [0.25, 0.3) is 0 Å². The minimum absolute atomic E-state index is 0.235. The highest BCUT2D eigenvalue weighted by atomic mass is 15.3. The van der Waals surface area contributed by atoms with Crippen LogP contribution in [0.1, 0.15) is 59.8 Å². The molecule has 2 fully saturated rings. The molecular weight excluding hydrogens is 246 g/mol. The summed E-state index contributed by atoms with van der Waals surface area (Å²) in [5.74, 6) is 0. The van der Waals surface area contributed by atoms with E-state index in [-0.39, 0.29) is 5.54 Å². The van der Waals surface area contributed by atoms with E-state index in [0.29, 0.717) is 6.04 Å². The molecular formula is C17H35N3. The molecule has 0 bridgehead atoms. The van der Waals surface area contributed by atoms with Crippen molar-refractivity contribution in [3.63, 3.8) is 0 Å². The zero-order valence-electron chi connectivity index (χ0n) is 14.1. The van der Waals surface area contributed by atoms with E-state index < -0.39 is 0 Å². The minimum Gasteiger partial charge on any atom is -0.311 e. The number of hydrogen-bond donors (Lipinski definition) is 1. The summed E-state index contributed by atoms with van der Waals surface area (Å²) in [6.07, 6.45) is 7.06. The first kappa shape index (κ1) is 16.3. The summed E-state index contributed by atoms with van der Waals surface area (Å²) in [6.45, 7) is 15.4. The first-order chi connectivity index (χ1) is 9.49. The van der Waals surface area contributed by atoms with Gasteiger partial charge < -0.3 is 5.32 Å². The third-order valence-electron chi connectivity index (χ3n) is 5.05. The molecule has 0 aromatic carbocycles. The number of nitrogens with zero attached hydrogens (tertiary/aromatic N) is 2. The first-order valence-electron chi connectivity index (χ1n) is 8.72. The van der Waals surface area contributed by atoms with Crippen molar-refractivity contribution in [3.05, 3.63) is 0 Å². The van der Waals surface area contributed by atoms with Gasteiger partial charge in [0.15, 0.2) is 0 Å². The van der Waals surface area contributed by atoms with Crippen LogP contribution in [0.15, 0.2) is 0 Å². The second-order valence-corrected chi connectivity index (χ2v) is 7.70. The molecule has 0 radical (unpaired) electrons. The molecule has 3 nitrogen and oxygen atoms in total. The van der Waals surface area contributed by atoms with Crippen molar-refractivity contribution >= 4 is 0 Å². The topological polar surface area (TPSA) is 18.5 Å². The van der Waals surface area contributed by atoms with Crippen LogP contribution in [0.5, 0.6) is 0 Å². The summed E-state index contributed by atoms with van der Waals surface area (Å²) in [5, 5.41) is 3.68. The molecule has 1 aliphatic carbocycles. The third kappa shape index (κ3) is 4.71. The van der Waals surface area contributed by atoms with Gasteiger partial charge in [0.1, 0.15) is 0 Å². The summed E-state index contributed by atoms with van der Waals surface area (Å²) in [5.41, 5.74) is 0.235. The van der Waals surface area contributed by atoms with E-state index in [1.165, 1.54) is 58.3 Å². The lowest BCUT2D eigenvalue weighted by Crippen LogP contribution is -2.55. The van der Waals surface area contributed by atoms with Crippen LogP contribution in [0, 0.1) is 0 Å². The van der Waals surface area contributed by atoms with E-state index in [9.17, 15) is 0 Å². The Kier molecular flexibility index (Phi) is 5.88. The molecule has 1 heterocycles. The molecule has 20 heavy (non-hydrogen) atoms. The lowest BCUT2D eigenvalue weighted by Gasteiger charge is -2.42. The maximum Gasteiger partial charge on any atom is 0.0219 e. The smallest absolute Gasteiger partial charge is 0.0219 e. The summed E-state index contributed by atoms with van der Waals surface area (Å²) in [4.78, 5) is 5.47. The van der Waals surface area contributed by atoms with Crippen LogP contribution in [0.3, 0.4) is 0 Å². The van der Waals surface area contributed by atoms with Crippen LogP contribution in [-0.4, -0.2) is 60.1 Å². The lowest BCUT2D eigenvalue weighted by molar-refractivity contribution is 0.0667. The van der Waals surface area contributed by atoms with Gasteiger partial charge in [0.05, 0.1) is 0 Å². The maximum atomic E-state index is 3.68. The molecule has 0 spiro atoms. The van der Waals surface area contributed by atoms with Gasteiger partial charge in [0.25, 0.3) is 0 Å². The Hall–Kier alpha value is -0.120. The van der Waals surface area contributed by atoms with Crippen molar-refractivity contribution in [1.82, 2.24) is 15.1 Å². The molecule has 1 unspecified atom stereocenters. The Bertz CT molecular complexity index is 270. The predicted molar refractivity (Wildman–Crippen MR) is 87.2 cm³/mol. The van der Waals surface area contributed by atoms with Crippen molar-refractivity contribution in [3.8, 4) is 0 Å². The van der Waals surface area contributed by atoms with Gasteiger partial charge in [-0.1, -0.05) is 19.8 Å². The summed E-state index contributed by atoms with van der Waals surface area (Å²) in [6, 6.07) is 1.62. The zero-order chi connectivity index (χ0) is 14.6. The molecule has 2 aliphatic rings. The molecule has 2 rings (SSSR count). The van der Waals surface area contributed by atoms with Gasteiger partial charge in [0, 0.05) is 50.3 Å². The Morgan fingerprint density at radius 2 is 1.65 bits per heavy atom. The van der Waals surface area contributed by atoms with Gasteiger partial charge in [0.2, 0.25) is 0 Å². The largest absolute Gasteiger partial charge is 0.311 e. The summed E-state index contributed by atoms with van der Waals surface area (Å²) >= 11 is 0. The first-order valence-corrected chi connectivity index (χ1v) is 8.72. The molecule has 1 N–H and O–H groups in total. The SMILES string of the molecule is CCC(CNC(C)(C)C)N1CCN(C2CCCC2)CC1. The number of hydrogen-bond acceptors (Lipinski definition) is 3. The van der Waals surface area contributed by atoms with E-state index in [1.54, 1.807) is 0 Å². The highest BCUT2D eigenvalue weighted by molar-refractivity contribution is 4.85. The fraction of sp³-hybridized carbons (Fsp3) is 1.00. The number of rotatable bonds is 5. The van der Waals surface area contributed by atoms with Gasteiger partial charge in [-0.2, -0.15) is 0 Å². The van der Waals surface area contributed by atoms with Crippen molar-refractivity contribution < 1.29 is 0 Å². The van der Waals surface area contributed by atoms with Crippen LogP contribution in [-0.2, 0) is 0 Å². The Labute approximate surface area is 126 Å². The van der Waals surface area contributed by atoms with E-state index >= 15 is 0 Å². The predicted octanol–water partition coefficient (Wildman–Crippen LogP) is 2.71. The Morgan fingerprint density at radius 1 is 1.05 bits per heavy atom. The van der Waals surface area contributed by atoms with Crippen LogP contribution < -0.4 is 5.32 Å². The number of piperazine rings is 1. The van der Waals surface area contributed by atoms with E-state index in [0.717, 1.165) is 12.6 Å². The van der Waals surface area contributed by atoms with Crippen molar-refractivity contribution in [2.45, 2.75) is 77.4 Å². The lowest BCUT2D eigenvalue weighted by atomic mass is 10.1. The average molecular weight is 281 g/mol. The highest BCUT2D eigenvalue weighted by Crippen LogP contribution is 2.24. The molecule has 1 saturated carbocycles. The monoisotopic (exact) mass is 281 g/mol. The van der Waals surface area contributed by atoms with Crippen molar-refractivity contribution in [1.29, 1.82) is 0 Å². The molecule has 3 heteroatoms. The summed E-state index contributed by atoms with van der Waals surface area (Å²) in [7, 11) is 0. The second-order valence-electron chi connectivity index (χ2n) is 7.70. The van der Waals surface area contributed by atoms with Crippen LogP contribution in [0.4, 0.5) is 0 Å². The molecule has 1 atom stereocenters. The van der Waals surface area contributed by atoms with E-state index in [4.69, 9.17) is 0 Å². The van der Waals surface area contributed by atoms with Gasteiger partial charge in [-0.05, 0) is 40.0 Å². The van der Waals surface area contributed by atoms with Gasteiger partial charge in [-0.3, -0.25) is 9.80 Å². The van der Waals surface area contributed by atoms with Gasteiger partial charge in [-0.15, -0.1) is 0 Å². The molecule has 0 amide bonds. The second kappa shape index (κ2) is 7.24. The number of nitrogens with one attached hydrogen (secondary N) is 1. The van der Waals surface area contributed by atoms with E-state index in [2.05, 4.69) is 42.8 Å². The highest BCUT2D eigenvalue weighted by Gasteiger charge is 2.28. The van der Waals surface area contributed by atoms with Gasteiger partial charge in [-0.25, -0.2) is 0 Å². The van der Waals surface area contributed by atoms with Gasteiger partial charge >= 0.3 is 0 Å². The molecule has 1 saturated heterocycles. The standard InChI is InChI=1S/C17H35N3/c1-5-15(14-18-17(2,3)4)19-10-12-20(13-11-19)16-8-6-7-9-16/h15-16,18H,5-14H2,1-4H3. The normalized spacial score (nSPS) is 25.2. The molecule has 0 aromatic rings.